The van der Waals surface area contributed by atoms with E-state index in [2.05, 4.69) is 60.2 Å². The molecular formula is C15H17BrN4O. The van der Waals surface area contributed by atoms with Crippen molar-refractivity contribution in [3.8, 4) is 0 Å². The van der Waals surface area contributed by atoms with E-state index >= 15 is 0 Å². The van der Waals surface area contributed by atoms with Crippen LogP contribution in [0.5, 0.6) is 0 Å². The zero-order valence-corrected chi connectivity index (χ0v) is 13.2. The minimum Gasteiger partial charge on any atom is -0.367 e. The topological polar surface area (TPSA) is 52.2 Å². The first kappa shape index (κ1) is 14.3. The molecular weight excluding hydrogens is 332 g/mol. The number of aromatic nitrogens is 2. The molecule has 6 heteroatoms. The largest absolute Gasteiger partial charge is 0.367 e. The Morgan fingerprint density at radius 3 is 2.57 bits per heavy atom. The van der Waals surface area contributed by atoms with Crippen molar-refractivity contribution >= 4 is 21.6 Å². The Morgan fingerprint density at radius 1 is 1.14 bits per heavy atom. The smallest absolute Gasteiger partial charge is 0.280 e. The molecule has 5 nitrogen and oxygen atoms in total. The van der Waals surface area contributed by atoms with Crippen LogP contribution in [0.15, 0.2) is 45.8 Å². The first-order valence-corrected chi connectivity index (χ1v) is 7.78. The van der Waals surface area contributed by atoms with E-state index in [1.807, 2.05) is 6.07 Å². The van der Waals surface area contributed by atoms with Gasteiger partial charge in [-0.3, -0.25) is 9.69 Å². The monoisotopic (exact) mass is 348 g/mol. The highest BCUT2D eigenvalue weighted by Crippen LogP contribution is 2.22. The molecule has 0 unspecified atom stereocenters. The van der Waals surface area contributed by atoms with Gasteiger partial charge in [-0.15, -0.1) is 0 Å². The molecule has 0 saturated carbocycles. The summed E-state index contributed by atoms with van der Waals surface area (Å²) in [6.07, 6.45) is 1.71. The summed E-state index contributed by atoms with van der Waals surface area (Å²) in [6, 6.07) is 10.5. The van der Waals surface area contributed by atoms with Gasteiger partial charge in [-0.25, -0.2) is 5.10 Å². The van der Waals surface area contributed by atoms with Crippen LogP contribution >= 0.6 is 15.9 Å². The van der Waals surface area contributed by atoms with E-state index < -0.39 is 0 Å². The van der Waals surface area contributed by atoms with Crippen LogP contribution < -0.4 is 10.5 Å². The van der Waals surface area contributed by atoms with Crippen LogP contribution in [0.1, 0.15) is 5.56 Å². The van der Waals surface area contributed by atoms with Crippen molar-refractivity contribution < 1.29 is 0 Å². The molecule has 1 aliphatic heterocycles. The summed E-state index contributed by atoms with van der Waals surface area (Å²) in [5, 5.41) is 6.32. The molecule has 0 radical (unpaired) electrons. The molecule has 110 valence electrons. The normalized spacial score (nSPS) is 16.1. The van der Waals surface area contributed by atoms with Gasteiger partial charge in [-0.1, -0.05) is 30.3 Å². The maximum atomic E-state index is 11.6. The zero-order valence-electron chi connectivity index (χ0n) is 11.6. The summed E-state index contributed by atoms with van der Waals surface area (Å²) in [7, 11) is 0. The fraction of sp³-hybridized carbons (Fsp3) is 0.333. The van der Waals surface area contributed by atoms with E-state index in [0.717, 1.165) is 38.4 Å². The molecule has 2 aromatic rings. The van der Waals surface area contributed by atoms with Gasteiger partial charge in [-0.05, 0) is 21.5 Å². The SMILES string of the molecule is O=c1[nH]ncc(N2CCN(Cc3ccccc3)CC2)c1Br. The van der Waals surface area contributed by atoms with Gasteiger partial charge in [0.2, 0.25) is 0 Å². The van der Waals surface area contributed by atoms with Gasteiger partial charge in [0.15, 0.2) is 0 Å². The van der Waals surface area contributed by atoms with E-state index in [4.69, 9.17) is 0 Å². The molecule has 1 N–H and O–H groups in total. The minimum absolute atomic E-state index is 0.181. The van der Waals surface area contributed by atoms with Crippen molar-refractivity contribution in [2.75, 3.05) is 31.1 Å². The molecule has 3 rings (SSSR count). The Kier molecular flexibility index (Phi) is 4.36. The van der Waals surface area contributed by atoms with Crippen molar-refractivity contribution in [2.45, 2.75) is 6.54 Å². The Balaban J connectivity index is 1.63. The average molecular weight is 349 g/mol. The lowest BCUT2D eigenvalue weighted by Crippen LogP contribution is -2.46. The molecule has 0 spiro atoms. The average Bonchev–Trinajstić information content (AvgIpc) is 2.52. The highest BCUT2D eigenvalue weighted by molar-refractivity contribution is 9.10. The molecule has 0 bridgehead atoms. The first-order valence-electron chi connectivity index (χ1n) is 6.98. The summed E-state index contributed by atoms with van der Waals surface area (Å²) in [5.41, 5.74) is 2.03. The second-order valence-electron chi connectivity index (χ2n) is 5.15. The summed E-state index contributed by atoms with van der Waals surface area (Å²) in [4.78, 5) is 16.2. The number of hydrogen-bond acceptors (Lipinski definition) is 4. The lowest BCUT2D eigenvalue weighted by atomic mass is 10.2. The van der Waals surface area contributed by atoms with Crippen LogP contribution in [0.25, 0.3) is 0 Å². The lowest BCUT2D eigenvalue weighted by molar-refractivity contribution is 0.249. The molecule has 0 aliphatic carbocycles. The number of rotatable bonds is 3. The van der Waals surface area contributed by atoms with Crippen LogP contribution in [0.4, 0.5) is 5.69 Å². The molecule has 1 fully saturated rings. The van der Waals surface area contributed by atoms with Crippen molar-refractivity contribution in [1.82, 2.24) is 15.1 Å². The Morgan fingerprint density at radius 2 is 1.86 bits per heavy atom. The van der Waals surface area contributed by atoms with Gasteiger partial charge in [0, 0.05) is 32.7 Å². The van der Waals surface area contributed by atoms with E-state index in [0.29, 0.717) is 4.47 Å². The fourth-order valence-electron chi connectivity index (χ4n) is 2.58. The van der Waals surface area contributed by atoms with Gasteiger partial charge in [0.05, 0.1) is 11.9 Å². The third-order valence-corrected chi connectivity index (χ3v) is 4.51. The molecule has 0 amide bonds. The van der Waals surface area contributed by atoms with Gasteiger partial charge in [-0.2, -0.15) is 5.10 Å². The first-order chi connectivity index (χ1) is 10.2. The van der Waals surface area contributed by atoms with Crippen molar-refractivity contribution in [2.24, 2.45) is 0 Å². The van der Waals surface area contributed by atoms with E-state index in [1.165, 1.54) is 5.56 Å². The number of hydrogen-bond donors (Lipinski definition) is 1. The minimum atomic E-state index is -0.181. The summed E-state index contributed by atoms with van der Waals surface area (Å²) >= 11 is 3.35. The zero-order chi connectivity index (χ0) is 14.7. The molecule has 0 atom stereocenters. The Bertz CT molecular complexity index is 650. The predicted molar refractivity (Wildman–Crippen MR) is 86.5 cm³/mol. The Labute approximate surface area is 131 Å². The highest BCUT2D eigenvalue weighted by atomic mass is 79.9. The molecule has 1 aliphatic rings. The molecule has 21 heavy (non-hydrogen) atoms. The number of nitrogens with one attached hydrogen (secondary N) is 1. The van der Waals surface area contributed by atoms with Crippen molar-refractivity contribution in [3.05, 3.63) is 56.9 Å². The summed E-state index contributed by atoms with van der Waals surface area (Å²) < 4.78 is 0.564. The van der Waals surface area contributed by atoms with Gasteiger partial charge < -0.3 is 4.90 Å². The second kappa shape index (κ2) is 6.41. The Hall–Kier alpha value is -1.66. The maximum Gasteiger partial charge on any atom is 0.280 e. The van der Waals surface area contributed by atoms with Crippen LogP contribution in [0.3, 0.4) is 0 Å². The third-order valence-electron chi connectivity index (χ3n) is 3.74. The van der Waals surface area contributed by atoms with Crippen molar-refractivity contribution in [3.63, 3.8) is 0 Å². The van der Waals surface area contributed by atoms with Gasteiger partial charge >= 0.3 is 0 Å². The van der Waals surface area contributed by atoms with E-state index in [-0.39, 0.29) is 5.56 Å². The maximum absolute atomic E-state index is 11.6. The number of nitrogens with zero attached hydrogens (tertiary/aromatic N) is 3. The molecule has 1 aromatic carbocycles. The number of H-pyrrole nitrogens is 1. The number of anilines is 1. The van der Waals surface area contributed by atoms with Gasteiger partial charge in [0.25, 0.3) is 5.56 Å². The lowest BCUT2D eigenvalue weighted by Gasteiger charge is -2.36. The van der Waals surface area contributed by atoms with Crippen molar-refractivity contribution in [1.29, 1.82) is 0 Å². The highest BCUT2D eigenvalue weighted by Gasteiger charge is 2.20. The summed E-state index contributed by atoms with van der Waals surface area (Å²) in [5.74, 6) is 0. The second-order valence-corrected chi connectivity index (χ2v) is 5.94. The molecule has 1 aromatic heterocycles. The number of aromatic amines is 1. The fourth-order valence-corrected chi connectivity index (χ4v) is 3.02. The van der Waals surface area contributed by atoms with Crippen LogP contribution in [0.2, 0.25) is 0 Å². The van der Waals surface area contributed by atoms with E-state index in [9.17, 15) is 4.79 Å². The number of benzene rings is 1. The van der Waals surface area contributed by atoms with Crippen LogP contribution in [0, 0.1) is 0 Å². The van der Waals surface area contributed by atoms with Crippen LogP contribution in [-0.2, 0) is 6.54 Å². The standard InChI is InChI=1S/C15H17BrN4O/c16-14-13(10-17-18-15(14)21)20-8-6-19(7-9-20)11-12-4-2-1-3-5-12/h1-5,10H,6-9,11H2,(H,18,21). The van der Waals surface area contributed by atoms with Crippen LogP contribution in [-0.4, -0.2) is 41.3 Å². The quantitative estimate of drug-likeness (QED) is 0.919. The predicted octanol–water partition coefficient (Wildman–Crippen LogP) is 1.85. The number of piperazine rings is 1. The third kappa shape index (κ3) is 3.33. The van der Waals surface area contributed by atoms with Gasteiger partial charge in [0.1, 0.15) is 4.47 Å². The molecule has 1 saturated heterocycles. The molecule has 2 heterocycles. The summed E-state index contributed by atoms with van der Waals surface area (Å²) in [6.45, 7) is 4.73. The number of halogens is 1. The van der Waals surface area contributed by atoms with E-state index in [1.54, 1.807) is 6.20 Å².